The number of carbonyl (C=O) groups is 2. The molecule has 0 aliphatic carbocycles. The number of hydrogen-bond donors (Lipinski definition) is 3. The molecule has 13 heteroatoms. The average molecular weight is 720 g/mol. The van der Waals surface area contributed by atoms with Crippen molar-refractivity contribution in [3.05, 3.63) is 124 Å². The first-order chi connectivity index (χ1) is 24.3. The van der Waals surface area contributed by atoms with Gasteiger partial charge in [0.1, 0.15) is 12.6 Å². The molecule has 3 N–H and O–H groups in total. The number of amides is 2. The van der Waals surface area contributed by atoms with Gasteiger partial charge in [-0.05, 0) is 42.4 Å². The Morgan fingerprint density at radius 1 is 0.860 bits per heavy atom. The molecule has 0 spiro atoms. The van der Waals surface area contributed by atoms with Gasteiger partial charge >= 0.3 is 6.09 Å². The van der Waals surface area contributed by atoms with Crippen LogP contribution in [0.25, 0.3) is 0 Å². The Kier molecular flexibility index (Phi) is 14.3. The maximum atomic E-state index is 14.1. The van der Waals surface area contributed by atoms with Crippen molar-refractivity contribution in [3.8, 4) is 0 Å². The van der Waals surface area contributed by atoms with Crippen LogP contribution in [0, 0.1) is 0 Å². The number of thiazole rings is 1. The molecule has 0 bridgehead atoms. The van der Waals surface area contributed by atoms with Crippen molar-refractivity contribution in [3.63, 3.8) is 0 Å². The summed E-state index contributed by atoms with van der Waals surface area (Å²) in [6.45, 7) is 3.32. The SMILES string of the molecule is O=C(N[C@H](CC[C@H](Cc1ccccc1)NC(=O)[C@H](CCN1CCOCC1)NS(=O)(=O)Cc1ccccc1)c1ccccc1)OCc1cncs1. The largest absolute Gasteiger partial charge is 0.444 e. The Bertz CT molecular complexity index is 1690. The Morgan fingerprint density at radius 2 is 1.52 bits per heavy atom. The van der Waals surface area contributed by atoms with E-state index in [9.17, 15) is 18.0 Å². The molecule has 1 fully saturated rings. The number of hydrogen-bond acceptors (Lipinski definition) is 9. The summed E-state index contributed by atoms with van der Waals surface area (Å²) in [4.78, 5) is 34.0. The fourth-order valence-electron chi connectivity index (χ4n) is 5.87. The van der Waals surface area contributed by atoms with Gasteiger partial charge in [-0.1, -0.05) is 91.0 Å². The lowest BCUT2D eigenvalue weighted by Crippen LogP contribution is -2.52. The van der Waals surface area contributed by atoms with Crippen LogP contribution in [0.15, 0.2) is 103 Å². The molecule has 5 rings (SSSR count). The second kappa shape index (κ2) is 19.3. The number of morpholine rings is 1. The summed E-state index contributed by atoms with van der Waals surface area (Å²) in [7, 11) is -3.84. The number of alkyl carbamates (subject to hydrolysis) is 1. The molecule has 0 unspecified atom stereocenters. The molecule has 2 amide bonds. The minimum atomic E-state index is -3.84. The van der Waals surface area contributed by atoms with E-state index in [4.69, 9.17) is 9.47 Å². The zero-order valence-corrected chi connectivity index (χ0v) is 29.6. The van der Waals surface area contributed by atoms with Gasteiger partial charge in [-0.15, -0.1) is 11.3 Å². The highest BCUT2D eigenvalue weighted by molar-refractivity contribution is 7.88. The Balaban J connectivity index is 1.30. The molecular formula is C37H45N5O6S2. The Labute approximate surface area is 298 Å². The molecule has 1 aromatic heterocycles. The zero-order chi connectivity index (χ0) is 35.0. The van der Waals surface area contributed by atoms with Gasteiger partial charge in [0, 0.05) is 31.9 Å². The van der Waals surface area contributed by atoms with Gasteiger partial charge in [-0.3, -0.25) is 14.7 Å². The third-order valence-corrected chi connectivity index (χ3v) is 10.6. The lowest BCUT2D eigenvalue weighted by Gasteiger charge is -2.29. The molecule has 2 heterocycles. The second-order valence-corrected chi connectivity index (χ2v) is 15.0. The van der Waals surface area contributed by atoms with Crippen molar-refractivity contribution in [2.24, 2.45) is 0 Å². The van der Waals surface area contributed by atoms with Crippen molar-refractivity contribution in [1.29, 1.82) is 0 Å². The predicted octanol–water partition coefficient (Wildman–Crippen LogP) is 4.83. The van der Waals surface area contributed by atoms with E-state index in [1.165, 1.54) is 11.3 Å². The monoisotopic (exact) mass is 719 g/mol. The molecule has 266 valence electrons. The summed E-state index contributed by atoms with van der Waals surface area (Å²) in [5.41, 5.74) is 4.26. The maximum absolute atomic E-state index is 14.1. The highest BCUT2D eigenvalue weighted by Gasteiger charge is 2.28. The molecule has 3 aromatic carbocycles. The summed E-state index contributed by atoms with van der Waals surface area (Å²) in [5.74, 6) is -0.615. The van der Waals surface area contributed by atoms with Crippen molar-refractivity contribution >= 4 is 33.4 Å². The van der Waals surface area contributed by atoms with Crippen LogP contribution >= 0.6 is 11.3 Å². The van der Waals surface area contributed by atoms with Crippen molar-refractivity contribution in [2.45, 2.75) is 56.2 Å². The first kappa shape index (κ1) is 37.1. The van der Waals surface area contributed by atoms with E-state index in [1.807, 2.05) is 66.7 Å². The van der Waals surface area contributed by atoms with Crippen molar-refractivity contribution in [2.75, 3.05) is 32.8 Å². The van der Waals surface area contributed by atoms with Gasteiger partial charge in [0.2, 0.25) is 15.9 Å². The zero-order valence-electron chi connectivity index (χ0n) is 28.0. The van der Waals surface area contributed by atoms with Crippen LogP contribution in [-0.4, -0.2) is 75.2 Å². The highest BCUT2D eigenvalue weighted by Crippen LogP contribution is 2.22. The van der Waals surface area contributed by atoms with E-state index < -0.39 is 22.2 Å². The Hall–Kier alpha value is -4.14. The predicted molar refractivity (Wildman–Crippen MR) is 194 cm³/mol. The fourth-order valence-corrected chi connectivity index (χ4v) is 7.75. The van der Waals surface area contributed by atoms with E-state index in [-0.39, 0.29) is 30.4 Å². The van der Waals surface area contributed by atoms with E-state index in [2.05, 4.69) is 25.2 Å². The topological polar surface area (TPSA) is 139 Å². The van der Waals surface area contributed by atoms with E-state index >= 15 is 0 Å². The van der Waals surface area contributed by atoms with Gasteiger partial charge in [-0.25, -0.2) is 17.9 Å². The van der Waals surface area contributed by atoms with Gasteiger partial charge in [-0.2, -0.15) is 0 Å². The van der Waals surface area contributed by atoms with Gasteiger partial charge in [0.05, 0.1) is 35.4 Å². The van der Waals surface area contributed by atoms with Crippen LogP contribution in [-0.2, 0) is 43.1 Å². The van der Waals surface area contributed by atoms with Crippen LogP contribution in [0.1, 0.15) is 46.9 Å². The third kappa shape index (κ3) is 12.6. The van der Waals surface area contributed by atoms with Crippen molar-refractivity contribution in [1.82, 2.24) is 25.2 Å². The van der Waals surface area contributed by atoms with Crippen molar-refractivity contribution < 1.29 is 27.5 Å². The lowest BCUT2D eigenvalue weighted by molar-refractivity contribution is -0.123. The van der Waals surface area contributed by atoms with Gasteiger partial charge in [0.25, 0.3) is 0 Å². The highest BCUT2D eigenvalue weighted by atomic mass is 32.2. The van der Waals surface area contributed by atoms with Crippen LogP contribution in [0.5, 0.6) is 0 Å². The smallest absolute Gasteiger partial charge is 0.407 e. The molecule has 1 aliphatic heterocycles. The molecule has 0 radical (unpaired) electrons. The third-order valence-electron chi connectivity index (χ3n) is 8.47. The van der Waals surface area contributed by atoms with Crippen LogP contribution < -0.4 is 15.4 Å². The number of aromatic nitrogens is 1. The minimum Gasteiger partial charge on any atom is -0.444 e. The minimum absolute atomic E-state index is 0.122. The molecule has 1 aliphatic rings. The number of ether oxygens (including phenoxy) is 2. The number of nitrogens with zero attached hydrogens (tertiary/aromatic N) is 2. The van der Waals surface area contributed by atoms with Crippen LogP contribution in [0.3, 0.4) is 0 Å². The normalized spacial score (nSPS) is 15.4. The first-order valence-electron chi connectivity index (χ1n) is 16.9. The molecule has 0 saturated carbocycles. The fraction of sp³-hybridized carbons (Fsp3) is 0.378. The number of carbonyl (C=O) groups excluding carboxylic acids is 2. The summed E-state index contributed by atoms with van der Waals surface area (Å²) >= 11 is 1.41. The molecule has 3 atom stereocenters. The standard InChI is InChI=1S/C37H45N5O6S2/c43-36(35(18-19-42-20-22-47-23-21-42)41-50(45,46)27-30-12-6-2-7-13-30)39-32(24-29-10-4-1-5-11-29)16-17-34(31-14-8-3-9-15-31)40-37(44)48-26-33-25-38-28-49-33/h1-15,25,28,32,34-35,41H,16-24,26-27H2,(H,39,43)(H,40,44)/t32-,34-,35+/m1/s1. The number of sulfonamides is 1. The Morgan fingerprint density at radius 3 is 2.18 bits per heavy atom. The first-order valence-corrected chi connectivity index (χ1v) is 19.4. The van der Waals surface area contributed by atoms with E-state index in [1.54, 1.807) is 36.0 Å². The molecule has 1 saturated heterocycles. The molecule has 50 heavy (non-hydrogen) atoms. The van der Waals surface area contributed by atoms with E-state index in [0.29, 0.717) is 51.0 Å². The maximum Gasteiger partial charge on any atom is 0.407 e. The second-order valence-electron chi connectivity index (χ2n) is 12.3. The lowest BCUT2D eigenvalue weighted by atomic mass is 9.95. The summed E-state index contributed by atoms with van der Waals surface area (Å²) in [6.07, 6.45) is 2.94. The molecule has 4 aromatic rings. The molecule has 11 nitrogen and oxygen atoms in total. The summed E-state index contributed by atoms with van der Waals surface area (Å²) in [5, 5.41) is 6.19. The van der Waals surface area contributed by atoms with Gasteiger partial charge < -0.3 is 20.1 Å². The van der Waals surface area contributed by atoms with Crippen LogP contribution in [0.4, 0.5) is 4.79 Å². The van der Waals surface area contributed by atoms with E-state index in [0.717, 1.165) is 29.1 Å². The summed E-state index contributed by atoms with van der Waals surface area (Å²) < 4.78 is 40.4. The summed E-state index contributed by atoms with van der Waals surface area (Å²) in [6, 6.07) is 26.7. The number of rotatable bonds is 18. The van der Waals surface area contributed by atoms with Gasteiger partial charge in [0.15, 0.2) is 0 Å². The quantitative estimate of drug-likeness (QED) is 0.133. The van der Waals surface area contributed by atoms with Crippen LogP contribution in [0.2, 0.25) is 0 Å². The molecular weight excluding hydrogens is 675 g/mol. The average Bonchev–Trinajstić information content (AvgIpc) is 3.66. The number of benzene rings is 3. The number of nitrogens with one attached hydrogen (secondary N) is 3.